The Balaban J connectivity index is 1.98. The topological polar surface area (TPSA) is 32.3 Å². The minimum absolute atomic E-state index is 0.169. The third-order valence-corrected chi connectivity index (χ3v) is 2.39. The molecule has 1 aliphatic heterocycles. The molecule has 78 valence electrons. The van der Waals surface area contributed by atoms with Gasteiger partial charge in [0.2, 0.25) is 0 Å². The summed E-state index contributed by atoms with van der Waals surface area (Å²) in [6.07, 6.45) is 3.80. The quantitative estimate of drug-likeness (QED) is 0.749. The maximum atomic E-state index is 11.8. The van der Waals surface area contributed by atoms with Crippen LogP contribution in [0.15, 0.2) is 42.7 Å². The van der Waals surface area contributed by atoms with Crippen molar-refractivity contribution >= 4 is 5.78 Å². The van der Waals surface area contributed by atoms with Crippen molar-refractivity contribution in [3.8, 4) is 0 Å². The molecule has 1 aromatic carbocycles. The van der Waals surface area contributed by atoms with Gasteiger partial charge in [0, 0.05) is 31.1 Å². The highest BCUT2D eigenvalue weighted by Gasteiger charge is 2.10. The van der Waals surface area contributed by atoms with E-state index >= 15 is 0 Å². The van der Waals surface area contributed by atoms with Crippen molar-refractivity contribution < 1.29 is 4.79 Å². The maximum absolute atomic E-state index is 11.8. The summed E-state index contributed by atoms with van der Waals surface area (Å²) in [6.45, 7) is 2.25. The summed E-state index contributed by atoms with van der Waals surface area (Å²) < 4.78 is 0. The van der Waals surface area contributed by atoms with Crippen molar-refractivity contribution in [1.29, 1.82) is 0 Å². The standard InChI is InChI=1S/C12H14N2O/c15-12(11-4-2-1-3-5-11)10-14-8-6-13-7-9-14/h1-6,8,13H,7,9-10H2. The molecule has 0 aromatic heterocycles. The van der Waals surface area contributed by atoms with Crippen LogP contribution in [0, 0.1) is 0 Å². The first-order valence-corrected chi connectivity index (χ1v) is 5.08. The van der Waals surface area contributed by atoms with E-state index in [9.17, 15) is 4.79 Å². The molecule has 15 heavy (non-hydrogen) atoms. The van der Waals surface area contributed by atoms with E-state index in [0.717, 1.165) is 18.7 Å². The highest BCUT2D eigenvalue weighted by molar-refractivity contribution is 5.97. The molecule has 3 heteroatoms. The van der Waals surface area contributed by atoms with Gasteiger partial charge in [-0.1, -0.05) is 30.3 Å². The van der Waals surface area contributed by atoms with Crippen molar-refractivity contribution in [2.24, 2.45) is 0 Å². The van der Waals surface area contributed by atoms with Gasteiger partial charge in [0.25, 0.3) is 0 Å². The smallest absolute Gasteiger partial charge is 0.182 e. The van der Waals surface area contributed by atoms with E-state index in [-0.39, 0.29) is 5.78 Å². The Morgan fingerprint density at radius 1 is 1.33 bits per heavy atom. The lowest BCUT2D eigenvalue weighted by atomic mass is 10.1. The maximum Gasteiger partial charge on any atom is 0.182 e. The summed E-state index contributed by atoms with van der Waals surface area (Å²) in [6, 6.07) is 9.41. The second-order valence-electron chi connectivity index (χ2n) is 3.53. The molecule has 0 fully saturated rings. The number of Topliss-reactive ketones (excluding diaryl/α,β-unsaturated/α-hetero) is 1. The van der Waals surface area contributed by atoms with Crippen LogP contribution < -0.4 is 5.32 Å². The molecule has 0 radical (unpaired) electrons. The summed E-state index contributed by atoms with van der Waals surface area (Å²) >= 11 is 0. The number of nitrogens with one attached hydrogen (secondary N) is 1. The molecule has 3 nitrogen and oxygen atoms in total. The van der Waals surface area contributed by atoms with Crippen LogP contribution in [-0.2, 0) is 0 Å². The van der Waals surface area contributed by atoms with E-state index in [0.29, 0.717) is 6.54 Å². The number of benzene rings is 1. The molecule has 0 atom stereocenters. The number of carbonyl (C=O) groups excluding carboxylic acids is 1. The first kappa shape index (κ1) is 9.77. The second kappa shape index (κ2) is 4.64. The first-order valence-electron chi connectivity index (χ1n) is 5.08. The minimum Gasteiger partial charge on any atom is -0.388 e. The Labute approximate surface area is 89.4 Å². The molecular formula is C12H14N2O. The SMILES string of the molecule is O=C(CN1C=CNCC1)c1ccccc1. The minimum atomic E-state index is 0.169. The van der Waals surface area contributed by atoms with Gasteiger partial charge >= 0.3 is 0 Å². The zero-order chi connectivity index (χ0) is 10.5. The number of rotatable bonds is 3. The number of hydrogen-bond acceptors (Lipinski definition) is 3. The van der Waals surface area contributed by atoms with E-state index in [1.165, 1.54) is 0 Å². The number of carbonyl (C=O) groups is 1. The van der Waals surface area contributed by atoms with E-state index < -0.39 is 0 Å². The molecule has 0 amide bonds. The van der Waals surface area contributed by atoms with Gasteiger partial charge < -0.3 is 10.2 Å². The predicted molar refractivity (Wildman–Crippen MR) is 59.5 cm³/mol. The van der Waals surface area contributed by atoms with Crippen LogP contribution in [0.25, 0.3) is 0 Å². The van der Waals surface area contributed by atoms with Crippen LogP contribution in [0.1, 0.15) is 10.4 Å². The lowest BCUT2D eigenvalue weighted by Gasteiger charge is -2.23. The lowest BCUT2D eigenvalue weighted by Crippen LogP contribution is -2.34. The molecule has 0 aliphatic carbocycles. The van der Waals surface area contributed by atoms with Gasteiger partial charge in [-0.2, -0.15) is 0 Å². The van der Waals surface area contributed by atoms with Crippen LogP contribution in [-0.4, -0.2) is 30.3 Å². The van der Waals surface area contributed by atoms with E-state index in [2.05, 4.69) is 5.32 Å². The highest BCUT2D eigenvalue weighted by Crippen LogP contribution is 2.03. The highest BCUT2D eigenvalue weighted by atomic mass is 16.1. The van der Waals surface area contributed by atoms with Crippen molar-refractivity contribution in [2.45, 2.75) is 0 Å². The zero-order valence-corrected chi connectivity index (χ0v) is 8.52. The van der Waals surface area contributed by atoms with Crippen molar-refractivity contribution in [2.75, 3.05) is 19.6 Å². The Hall–Kier alpha value is -1.77. The van der Waals surface area contributed by atoms with E-state index in [1.807, 2.05) is 47.6 Å². The van der Waals surface area contributed by atoms with Gasteiger partial charge in [0.15, 0.2) is 5.78 Å². The van der Waals surface area contributed by atoms with Gasteiger partial charge in [-0.25, -0.2) is 0 Å². The zero-order valence-electron chi connectivity index (χ0n) is 8.52. The van der Waals surface area contributed by atoms with Crippen LogP contribution >= 0.6 is 0 Å². The largest absolute Gasteiger partial charge is 0.388 e. The average molecular weight is 202 g/mol. The Morgan fingerprint density at radius 3 is 2.80 bits per heavy atom. The molecule has 1 aromatic rings. The third kappa shape index (κ3) is 2.59. The monoisotopic (exact) mass is 202 g/mol. The Bertz CT molecular complexity index is 359. The summed E-state index contributed by atoms with van der Waals surface area (Å²) in [5, 5.41) is 3.09. The number of hydrogen-bond donors (Lipinski definition) is 1. The van der Waals surface area contributed by atoms with Crippen molar-refractivity contribution in [3.63, 3.8) is 0 Å². The van der Waals surface area contributed by atoms with Gasteiger partial charge in [0.1, 0.15) is 0 Å². The summed E-state index contributed by atoms with van der Waals surface area (Å²) in [5.74, 6) is 0.169. The molecular weight excluding hydrogens is 188 g/mol. The van der Waals surface area contributed by atoms with Crippen LogP contribution in [0.4, 0.5) is 0 Å². The molecule has 1 N–H and O–H groups in total. The molecule has 0 saturated heterocycles. The van der Waals surface area contributed by atoms with Crippen molar-refractivity contribution in [1.82, 2.24) is 10.2 Å². The molecule has 0 unspecified atom stereocenters. The Morgan fingerprint density at radius 2 is 2.13 bits per heavy atom. The molecule has 0 bridgehead atoms. The fourth-order valence-electron chi connectivity index (χ4n) is 1.56. The molecule has 1 heterocycles. The lowest BCUT2D eigenvalue weighted by molar-refractivity contribution is 0.0954. The van der Waals surface area contributed by atoms with Gasteiger partial charge in [-0.05, 0) is 0 Å². The fraction of sp³-hybridized carbons (Fsp3) is 0.250. The van der Waals surface area contributed by atoms with Crippen LogP contribution in [0.3, 0.4) is 0 Å². The van der Waals surface area contributed by atoms with Gasteiger partial charge in [-0.3, -0.25) is 4.79 Å². The van der Waals surface area contributed by atoms with Crippen molar-refractivity contribution in [3.05, 3.63) is 48.3 Å². The summed E-state index contributed by atoms with van der Waals surface area (Å²) in [7, 11) is 0. The van der Waals surface area contributed by atoms with Crippen LogP contribution in [0.5, 0.6) is 0 Å². The molecule has 0 saturated carbocycles. The average Bonchev–Trinajstić information content (AvgIpc) is 2.31. The van der Waals surface area contributed by atoms with Crippen LogP contribution in [0.2, 0.25) is 0 Å². The molecule has 0 spiro atoms. The number of nitrogens with zero attached hydrogens (tertiary/aromatic N) is 1. The van der Waals surface area contributed by atoms with Gasteiger partial charge in [0.05, 0.1) is 6.54 Å². The first-order chi connectivity index (χ1) is 7.36. The summed E-state index contributed by atoms with van der Waals surface area (Å²) in [5.41, 5.74) is 0.782. The second-order valence-corrected chi connectivity index (χ2v) is 3.53. The fourth-order valence-corrected chi connectivity index (χ4v) is 1.56. The molecule has 2 rings (SSSR count). The molecule has 1 aliphatic rings. The summed E-state index contributed by atoms with van der Waals surface area (Å²) in [4.78, 5) is 13.8. The normalized spacial score (nSPS) is 14.8. The van der Waals surface area contributed by atoms with E-state index in [4.69, 9.17) is 0 Å². The third-order valence-electron chi connectivity index (χ3n) is 2.39. The predicted octanol–water partition coefficient (Wildman–Crippen LogP) is 1.25. The van der Waals surface area contributed by atoms with E-state index in [1.54, 1.807) is 0 Å². The van der Waals surface area contributed by atoms with Gasteiger partial charge in [-0.15, -0.1) is 0 Å². The Kier molecular flexibility index (Phi) is 3.02. The number of ketones is 1.